The average molecular weight is 281 g/mol. The maximum Gasteiger partial charge on any atom is 0.148 e. The third-order valence-electron chi connectivity index (χ3n) is 3.65. The largest absolute Gasteiger partial charge is 0.312 e. The Bertz CT molecular complexity index is 503. The van der Waals surface area contributed by atoms with Crippen LogP contribution in [-0.2, 0) is 16.3 Å². The lowest BCUT2D eigenvalue weighted by atomic mass is 10.0. The van der Waals surface area contributed by atoms with Gasteiger partial charge in [0.15, 0.2) is 0 Å². The van der Waals surface area contributed by atoms with Crippen LogP contribution in [0.25, 0.3) is 0 Å². The van der Waals surface area contributed by atoms with E-state index in [0.29, 0.717) is 12.6 Å². The van der Waals surface area contributed by atoms with E-state index >= 15 is 0 Å². The minimum Gasteiger partial charge on any atom is -0.312 e. The third-order valence-corrected chi connectivity index (χ3v) is 4.59. The summed E-state index contributed by atoms with van der Waals surface area (Å²) in [6.07, 6.45) is 4.82. The Labute approximate surface area is 116 Å². The average Bonchev–Trinajstić information content (AvgIpc) is 3.13. The van der Waals surface area contributed by atoms with E-state index in [1.165, 1.54) is 30.2 Å². The fourth-order valence-corrected chi connectivity index (χ4v) is 2.80. The minimum atomic E-state index is -2.87. The van der Waals surface area contributed by atoms with Gasteiger partial charge in [0, 0.05) is 18.8 Å². The summed E-state index contributed by atoms with van der Waals surface area (Å²) in [7, 11) is -2.87. The first kappa shape index (κ1) is 14.5. The van der Waals surface area contributed by atoms with Gasteiger partial charge in [-0.25, -0.2) is 8.42 Å². The Hall–Kier alpha value is -0.870. The lowest BCUT2D eigenvalue weighted by molar-refractivity contribution is 0.471. The zero-order valence-electron chi connectivity index (χ0n) is 11.7. The molecule has 0 heterocycles. The fraction of sp³-hybridized carbons (Fsp3) is 0.600. The normalized spacial score (nSPS) is 17.4. The van der Waals surface area contributed by atoms with Crippen LogP contribution < -0.4 is 5.32 Å². The van der Waals surface area contributed by atoms with Gasteiger partial charge < -0.3 is 5.32 Å². The monoisotopic (exact) mass is 281 g/mol. The second-order valence-electron chi connectivity index (χ2n) is 5.72. The van der Waals surface area contributed by atoms with Gasteiger partial charge in [0.1, 0.15) is 9.84 Å². The van der Waals surface area contributed by atoms with E-state index in [1.807, 2.05) is 0 Å². The van der Waals surface area contributed by atoms with Crippen LogP contribution in [0.5, 0.6) is 0 Å². The molecule has 1 aromatic rings. The van der Waals surface area contributed by atoms with E-state index < -0.39 is 9.84 Å². The van der Waals surface area contributed by atoms with Crippen LogP contribution in [-0.4, -0.2) is 33.0 Å². The summed E-state index contributed by atoms with van der Waals surface area (Å²) in [5, 5.41) is 3.42. The smallest absolute Gasteiger partial charge is 0.148 e. The summed E-state index contributed by atoms with van der Waals surface area (Å²) in [6, 6.07) is 9.03. The van der Waals surface area contributed by atoms with Gasteiger partial charge in [0.05, 0.1) is 5.75 Å². The number of aryl methyl sites for hydroxylation is 1. The molecule has 0 radical (unpaired) electrons. The second kappa shape index (κ2) is 6.06. The summed E-state index contributed by atoms with van der Waals surface area (Å²) in [4.78, 5) is 0. The molecule has 0 aliphatic heterocycles. The highest BCUT2D eigenvalue weighted by Gasteiger charge is 2.30. The van der Waals surface area contributed by atoms with Gasteiger partial charge in [-0.2, -0.15) is 0 Å². The fourth-order valence-electron chi connectivity index (χ4n) is 2.31. The van der Waals surface area contributed by atoms with Crippen molar-refractivity contribution in [1.29, 1.82) is 0 Å². The first-order valence-electron chi connectivity index (χ1n) is 6.91. The molecule has 0 spiro atoms. The van der Waals surface area contributed by atoms with Crippen molar-refractivity contribution in [3.05, 3.63) is 35.4 Å². The lowest BCUT2D eigenvalue weighted by Crippen LogP contribution is -2.36. The van der Waals surface area contributed by atoms with Crippen LogP contribution in [0.3, 0.4) is 0 Å². The van der Waals surface area contributed by atoms with E-state index in [4.69, 9.17) is 0 Å². The maximum atomic E-state index is 11.2. The molecule has 3 nitrogen and oxygen atoms in total. The first-order chi connectivity index (χ1) is 8.94. The zero-order chi connectivity index (χ0) is 13.9. The molecule has 1 N–H and O–H groups in total. The van der Waals surface area contributed by atoms with Crippen molar-refractivity contribution >= 4 is 9.84 Å². The molecule has 0 unspecified atom stereocenters. The Morgan fingerprint density at radius 1 is 1.26 bits per heavy atom. The van der Waals surface area contributed by atoms with Crippen LogP contribution in [0.4, 0.5) is 0 Å². The molecular weight excluding hydrogens is 258 g/mol. The summed E-state index contributed by atoms with van der Waals surface area (Å²) in [5.41, 5.74) is 2.60. The molecule has 0 bridgehead atoms. The zero-order valence-corrected chi connectivity index (χ0v) is 12.5. The highest BCUT2D eigenvalue weighted by atomic mass is 32.2. The number of hydrogen-bond acceptors (Lipinski definition) is 3. The van der Waals surface area contributed by atoms with Gasteiger partial charge in [0.25, 0.3) is 0 Å². The van der Waals surface area contributed by atoms with Crippen molar-refractivity contribution in [2.75, 3.05) is 18.6 Å². The summed E-state index contributed by atoms with van der Waals surface area (Å²) < 4.78 is 22.3. The Balaban J connectivity index is 1.88. The molecule has 106 valence electrons. The highest BCUT2D eigenvalue weighted by Crippen LogP contribution is 2.34. The standard InChI is InChI=1S/C15H23NO2S/c1-12-3-5-13(6-4-12)11-15(14-7-8-14)16-9-10-19(2,17)18/h3-6,14-16H,7-11H2,1-2H3/t15-/m1/s1. The van der Waals surface area contributed by atoms with E-state index in [1.54, 1.807) is 0 Å². The highest BCUT2D eigenvalue weighted by molar-refractivity contribution is 7.90. The molecule has 1 saturated carbocycles. The number of benzene rings is 1. The molecule has 1 aliphatic rings. The topological polar surface area (TPSA) is 46.2 Å². The predicted molar refractivity (Wildman–Crippen MR) is 79.1 cm³/mol. The van der Waals surface area contributed by atoms with Gasteiger partial charge in [-0.15, -0.1) is 0 Å². The summed E-state index contributed by atoms with van der Waals surface area (Å²) in [5.74, 6) is 0.949. The van der Waals surface area contributed by atoms with Crippen molar-refractivity contribution in [1.82, 2.24) is 5.32 Å². The molecular formula is C15H23NO2S. The number of nitrogens with one attached hydrogen (secondary N) is 1. The van der Waals surface area contributed by atoms with Crippen molar-refractivity contribution in [3.63, 3.8) is 0 Å². The van der Waals surface area contributed by atoms with Crippen LogP contribution in [0.15, 0.2) is 24.3 Å². The van der Waals surface area contributed by atoms with Crippen LogP contribution in [0, 0.1) is 12.8 Å². The van der Waals surface area contributed by atoms with E-state index in [-0.39, 0.29) is 5.75 Å². The van der Waals surface area contributed by atoms with Crippen molar-refractivity contribution in [3.8, 4) is 0 Å². The Kier molecular flexibility index (Phi) is 4.63. The maximum absolute atomic E-state index is 11.2. The number of rotatable bonds is 7. The number of sulfone groups is 1. The molecule has 2 rings (SSSR count). The molecule has 0 amide bonds. The van der Waals surface area contributed by atoms with E-state index in [2.05, 4.69) is 36.5 Å². The van der Waals surface area contributed by atoms with Gasteiger partial charge in [0.2, 0.25) is 0 Å². The quantitative estimate of drug-likeness (QED) is 0.831. The molecule has 1 aliphatic carbocycles. The Morgan fingerprint density at radius 3 is 2.42 bits per heavy atom. The van der Waals surface area contributed by atoms with Gasteiger partial charge >= 0.3 is 0 Å². The van der Waals surface area contributed by atoms with E-state index in [9.17, 15) is 8.42 Å². The van der Waals surface area contributed by atoms with Crippen molar-refractivity contribution < 1.29 is 8.42 Å². The lowest BCUT2D eigenvalue weighted by Gasteiger charge is -2.18. The van der Waals surface area contributed by atoms with E-state index in [0.717, 1.165) is 12.3 Å². The first-order valence-corrected chi connectivity index (χ1v) is 8.97. The van der Waals surface area contributed by atoms with Crippen molar-refractivity contribution in [2.45, 2.75) is 32.2 Å². The molecule has 19 heavy (non-hydrogen) atoms. The van der Waals surface area contributed by atoms with Crippen molar-refractivity contribution in [2.24, 2.45) is 5.92 Å². The second-order valence-corrected chi connectivity index (χ2v) is 7.98. The summed E-state index contributed by atoms with van der Waals surface area (Å²) in [6.45, 7) is 2.65. The third kappa shape index (κ3) is 5.33. The SMILES string of the molecule is Cc1ccc(C[C@@H](NCCS(C)(=O)=O)C2CC2)cc1. The summed E-state index contributed by atoms with van der Waals surface area (Å²) >= 11 is 0. The predicted octanol–water partition coefficient (Wildman–Crippen LogP) is 1.95. The van der Waals surface area contributed by atoms with Gasteiger partial charge in [-0.1, -0.05) is 29.8 Å². The van der Waals surface area contributed by atoms with Crippen LogP contribution in [0.2, 0.25) is 0 Å². The molecule has 4 heteroatoms. The Morgan fingerprint density at radius 2 is 1.89 bits per heavy atom. The van der Waals surface area contributed by atoms with Crippen LogP contribution in [0.1, 0.15) is 24.0 Å². The van der Waals surface area contributed by atoms with Gasteiger partial charge in [-0.05, 0) is 37.7 Å². The molecule has 1 atom stereocenters. The molecule has 0 saturated heterocycles. The van der Waals surface area contributed by atoms with Crippen LogP contribution >= 0.6 is 0 Å². The minimum absolute atomic E-state index is 0.226. The molecule has 0 aromatic heterocycles. The van der Waals surface area contributed by atoms with Gasteiger partial charge in [-0.3, -0.25) is 0 Å². The molecule has 1 fully saturated rings. The molecule has 1 aromatic carbocycles. The number of hydrogen-bond donors (Lipinski definition) is 1.